The third-order valence-corrected chi connectivity index (χ3v) is 4.22. The number of hydrogen-bond acceptors (Lipinski definition) is 6. The third kappa shape index (κ3) is 6.25. The van der Waals surface area contributed by atoms with Crippen LogP contribution < -0.4 is 5.43 Å². The van der Waals surface area contributed by atoms with Crippen molar-refractivity contribution in [2.24, 2.45) is 5.41 Å². The number of ether oxygens (including phenoxy) is 1. The Hall–Kier alpha value is -2.61. The van der Waals surface area contributed by atoms with Crippen molar-refractivity contribution in [3.8, 4) is 11.3 Å². The highest BCUT2D eigenvalue weighted by Crippen LogP contribution is 2.30. The van der Waals surface area contributed by atoms with Gasteiger partial charge in [0, 0.05) is 10.9 Å². The van der Waals surface area contributed by atoms with Crippen molar-refractivity contribution < 1.29 is 19.4 Å². The van der Waals surface area contributed by atoms with E-state index in [2.05, 4.69) is 10.4 Å². The Morgan fingerprint density at radius 3 is 2.37 bits per heavy atom. The van der Waals surface area contributed by atoms with Crippen LogP contribution in [0.15, 0.2) is 35.7 Å². The molecule has 2 N–H and O–H groups in total. The second-order valence-corrected chi connectivity index (χ2v) is 8.86. The summed E-state index contributed by atoms with van der Waals surface area (Å²) in [6.45, 7) is 9.59. The van der Waals surface area contributed by atoms with Gasteiger partial charge in [-0.3, -0.25) is 5.43 Å². The number of carbonyl (C=O) groups is 2. The van der Waals surface area contributed by atoms with E-state index in [1.54, 1.807) is 19.2 Å². The van der Waals surface area contributed by atoms with Crippen molar-refractivity contribution >= 4 is 28.7 Å². The zero-order chi connectivity index (χ0) is 20.2. The SMILES string of the molecule is CC(C)(C)CC(C)(C)OC(=O)N(Nc1nc(-c2ccccc2)cs1)C(=O)O. The molecule has 0 radical (unpaired) electrons. The molecule has 0 saturated carbocycles. The maximum absolute atomic E-state index is 12.4. The van der Waals surface area contributed by atoms with Crippen LogP contribution in [0.25, 0.3) is 11.3 Å². The fourth-order valence-corrected chi connectivity index (χ4v) is 3.64. The number of imide groups is 1. The normalized spacial score (nSPS) is 11.7. The molecule has 2 rings (SSSR count). The van der Waals surface area contributed by atoms with Gasteiger partial charge in [-0.2, -0.15) is 0 Å². The highest BCUT2D eigenvalue weighted by Gasteiger charge is 2.33. The molecule has 0 aliphatic carbocycles. The van der Waals surface area contributed by atoms with Crippen LogP contribution in [0.1, 0.15) is 41.0 Å². The van der Waals surface area contributed by atoms with Gasteiger partial charge in [-0.15, -0.1) is 16.3 Å². The van der Waals surface area contributed by atoms with Crippen LogP contribution in [-0.4, -0.2) is 32.9 Å². The number of nitrogens with zero attached hydrogens (tertiary/aromatic N) is 2. The first-order chi connectivity index (χ1) is 12.5. The molecule has 0 spiro atoms. The molecular formula is C19H25N3O4S. The smallest absolute Gasteiger partial charge is 0.439 e. The molecule has 0 atom stereocenters. The van der Waals surface area contributed by atoms with Crippen LogP contribution in [-0.2, 0) is 4.74 Å². The summed E-state index contributed by atoms with van der Waals surface area (Å²) in [4.78, 5) is 28.3. The first kappa shape index (κ1) is 20.7. The second-order valence-electron chi connectivity index (χ2n) is 8.00. The lowest BCUT2D eigenvalue weighted by Crippen LogP contribution is -2.45. The average molecular weight is 391 g/mol. The molecule has 2 aromatic rings. The number of nitrogens with one attached hydrogen (secondary N) is 1. The minimum Gasteiger partial charge on any atom is -0.463 e. The van der Waals surface area contributed by atoms with E-state index in [-0.39, 0.29) is 10.5 Å². The van der Waals surface area contributed by atoms with Crippen LogP contribution in [0.4, 0.5) is 14.7 Å². The Morgan fingerprint density at radius 1 is 1.19 bits per heavy atom. The summed E-state index contributed by atoms with van der Waals surface area (Å²) in [6, 6.07) is 9.48. The molecule has 0 aliphatic heterocycles. The molecule has 146 valence electrons. The Morgan fingerprint density at radius 2 is 1.81 bits per heavy atom. The van der Waals surface area contributed by atoms with E-state index < -0.39 is 17.8 Å². The molecule has 8 heteroatoms. The molecule has 1 aromatic heterocycles. The van der Waals surface area contributed by atoms with Gasteiger partial charge in [0.25, 0.3) is 0 Å². The summed E-state index contributed by atoms with van der Waals surface area (Å²) in [5.41, 5.74) is 3.22. The molecular weight excluding hydrogens is 366 g/mol. The van der Waals surface area contributed by atoms with E-state index in [1.807, 2.05) is 51.1 Å². The Bertz CT molecular complexity index is 797. The summed E-state index contributed by atoms with van der Waals surface area (Å²) in [7, 11) is 0. The lowest BCUT2D eigenvalue weighted by molar-refractivity contribution is -0.00423. The first-order valence-corrected chi connectivity index (χ1v) is 9.38. The van der Waals surface area contributed by atoms with Crippen LogP contribution in [0.2, 0.25) is 0 Å². The van der Waals surface area contributed by atoms with Crippen molar-refractivity contribution in [2.75, 3.05) is 5.43 Å². The number of carbonyl (C=O) groups excluding carboxylic acids is 1. The Balaban J connectivity index is 2.11. The van der Waals surface area contributed by atoms with Crippen molar-refractivity contribution in [1.29, 1.82) is 0 Å². The van der Waals surface area contributed by atoms with E-state index >= 15 is 0 Å². The van der Waals surface area contributed by atoms with Gasteiger partial charge in [-0.25, -0.2) is 14.6 Å². The predicted molar refractivity (Wildman–Crippen MR) is 106 cm³/mol. The van der Waals surface area contributed by atoms with Crippen molar-refractivity contribution in [2.45, 2.75) is 46.6 Å². The predicted octanol–water partition coefficient (Wildman–Crippen LogP) is 5.47. The van der Waals surface area contributed by atoms with Crippen molar-refractivity contribution in [3.05, 3.63) is 35.7 Å². The van der Waals surface area contributed by atoms with E-state index in [0.717, 1.165) is 5.56 Å². The van der Waals surface area contributed by atoms with Gasteiger partial charge in [0.2, 0.25) is 5.13 Å². The number of benzene rings is 1. The monoisotopic (exact) mass is 391 g/mol. The van der Waals surface area contributed by atoms with E-state index in [9.17, 15) is 14.7 Å². The molecule has 27 heavy (non-hydrogen) atoms. The van der Waals surface area contributed by atoms with Crippen molar-refractivity contribution in [3.63, 3.8) is 0 Å². The number of hydrazine groups is 1. The van der Waals surface area contributed by atoms with Gasteiger partial charge >= 0.3 is 12.2 Å². The zero-order valence-electron chi connectivity index (χ0n) is 16.1. The molecule has 1 heterocycles. The summed E-state index contributed by atoms with van der Waals surface area (Å²) in [5, 5.41) is 11.9. The number of aromatic nitrogens is 1. The molecule has 0 saturated heterocycles. The lowest BCUT2D eigenvalue weighted by atomic mass is 9.84. The molecule has 1 aromatic carbocycles. The summed E-state index contributed by atoms with van der Waals surface area (Å²) in [5.74, 6) is 0. The van der Waals surface area contributed by atoms with Gasteiger partial charge in [-0.05, 0) is 25.7 Å². The number of hydrogen-bond donors (Lipinski definition) is 2. The Labute approximate surface area is 163 Å². The number of anilines is 1. The van der Waals surface area contributed by atoms with Gasteiger partial charge < -0.3 is 9.84 Å². The molecule has 0 fully saturated rings. The number of thiazole rings is 1. The highest BCUT2D eigenvalue weighted by atomic mass is 32.1. The lowest BCUT2D eigenvalue weighted by Gasteiger charge is -2.33. The number of amides is 2. The molecule has 7 nitrogen and oxygen atoms in total. The molecule has 0 unspecified atom stereocenters. The minimum absolute atomic E-state index is 0.0782. The summed E-state index contributed by atoms with van der Waals surface area (Å²) < 4.78 is 5.42. The fourth-order valence-electron chi connectivity index (χ4n) is 2.93. The maximum Gasteiger partial charge on any atom is 0.439 e. The average Bonchev–Trinajstić information content (AvgIpc) is 2.98. The number of carboxylic acid groups (broad SMARTS) is 1. The quantitative estimate of drug-likeness (QED) is 0.657. The van der Waals surface area contributed by atoms with Gasteiger partial charge in [0.15, 0.2) is 0 Å². The van der Waals surface area contributed by atoms with E-state index in [4.69, 9.17) is 4.74 Å². The molecule has 0 bridgehead atoms. The van der Waals surface area contributed by atoms with E-state index in [1.165, 1.54) is 11.3 Å². The van der Waals surface area contributed by atoms with E-state index in [0.29, 0.717) is 17.1 Å². The minimum atomic E-state index is -1.47. The van der Waals surface area contributed by atoms with Gasteiger partial charge in [0.1, 0.15) is 5.60 Å². The van der Waals surface area contributed by atoms with Crippen molar-refractivity contribution in [1.82, 2.24) is 9.99 Å². The van der Waals surface area contributed by atoms with Crippen LogP contribution in [0.3, 0.4) is 0 Å². The second kappa shape index (κ2) is 7.96. The number of rotatable bonds is 5. The largest absolute Gasteiger partial charge is 0.463 e. The van der Waals surface area contributed by atoms with Crippen LogP contribution in [0.5, 0.6) is 0 Å². The summed E-state index contributed by atoms with van der Waals surface area (Å²) >= 11 is 1.20. The van der Waals surface area contributed by atoms with Gasteiger partial charge in [0.05, 0.1) is 5.69 Å². The first-order valence-electron chi connectivity index (χ1n) is 8.50. The summed E-state index contributed by atoms with van der Waals surface area (Å²) in [6.07, 6.45) is -1.88. The topological polar surface area (TPSA) is 91.8 Å². The van der Waals surface area contributed by atoms with Gasteiger partial charge in [-0.1, -0.05) is 51.1 Å². The third-order valence-electron chi connectivity index (χ3n) is 3.47. The molecule has 0 aliphatic rings. The Kier molecular flexibility index (Phi) is 6.10. The maximum atomic E-state index is 12.4. The fraction of sp³-hybridized carbons (Fsp3) is 0.421. The highest BCUT2D eigenvalue weighted by molar-refractivity contribution is 7.14. The molecule has 2 amide bonds. The van der Waals surface area contributed by atoms with Crippen LogP contribution in [0, 0.1) is 5.41 Å². The zero-order valence-corrected chi connectivity index (χ0v) is 17.0. The van der Waals surface area contributed by atoms with Crippen LogP contribution >= 0.6 is 11.3 Å². The standard InChI is InChI=1S/C19H25N3O4S/c1-18(2,3)12-19(4,5)26-17(25)22(16(23)24)21-15-20-14(11-27-15)13-9-7-6-8-10-13/h6-11H,12H2,1-5H3,(H,20,21)(H,23,24).